The Morgan fingerprint density at radius 3 is 2.84 bits per heavy atom. The van der Waals surface area contributed by atoms with E-state index in [0.717, 1.165) is 11.8 Å². The van der Waals surface area contributed by atoms with Crippen molar-refractivity contribution in [1.29, 1.82) is 0 Å². The third-order valence-electron chi connectivity index (χ3n) is 2.22. The second kappa shape index (κ2) is 5.58. The Hall–Kier alpha value is -2.96. The summed E-state index contributed by atoms with van der Waals surface area (Å²) in [7, 11) is 0. The molecule has 7 nitrogen and oxygen atoms in total. The van der Waals surface area contributed by atoms with Crippen LogP contribution in [0.1, 0.15) is 5.56 Å². The molecule has 2 rings (SSSR count). The van der Waals surface area contributed by atoms with Crippen molar-refractivity contribution in [1.82, 2.24) is 4.98 Å². The molecule has 0 saturated carbocycles. The number of nitrogens with zero attached hydrogens (tertiary/aromatic N) is 3. The summed E-state index contributed by atoms with van der Waals surface area (Å²) < 4.78 is 0. The molecule has 1 aromatic heterocycles. The summed E-state index contributed by atoms with van der Waals surface area (Å²) in [5, 5.41) is 23.6. The first-order valence-corrected chi connectivity index (χ1v) is 5.34. The van der Waals surface area contributed by atoms with E-state index in [2.05, 4.69) is 15.5 Å². The third kappa shape index (κ3) is 3.50. The number of phenolic OH excluding ortho intramolecular Hbond substituents is 1. The lowest BCUT2D eigenvalue weighted by Gasteiger charge is -1.98. The molecule has 1 aromatic carbocycles. The number of benzene rings is 1. The molecule has 1 heterocycles. The van der Waals surface area contributed by atoms with Crippen LogP contribution in [0.3, 0.4) is 0 Å². The van der Waals surface area contributed by atoms with E-state index in [1.807, 2.05) is 0 Å². The highest BCUT2D eigenvalue weighted by molar-refractivity contribution is 5.80. The van der Waals surface area contributed by atoms with E-state index in [0.29, 0.717) is 5.82 Å². The van der Waals surface area contributed by atoms with Gasteiger partial charge in [-0.25, -0.2) is 4.98 Å². The van der Waals surface area contributed by atoms with Gasteiger partial charge < -0.3 is 5.11 Å². The van der Waals surface area contributed by atoms with Crippen LogP contribution in [-0.4, -0.2) is 21.2 Å². The molecule has 2 N–H and O–H groups in total. The maximum atomic E-state index is 10.4. The molecule has 0 radical (unpaired) electrons. The van der Waals surface area contributed by atoms with Gasteiger partial charge in [-0.2, -0.15) is 5.10 Å². The number of pyridine rings is 1. The van der Waals surface area contributed by atoms with Crippen molar-refractivity contribution in [2.45, 2.75) is 0 Å². The van der Waals surface area contributed by atoms with Gasteiger partial charge in [0.15, 0.2) is 0 Å². The minimum atomic E-state index is -0.521. The molecule has 0 aliphatic carbocycles. The fraction of sp³-hybridized carbons (Fsp3) is 0. The average molecular weight is 258 g/mol. The van der Waals surface area contributed by atoms with Gasteiger partial charge in [-0.1, -0.05) is 12.1 Å². The lowest BCUT2D eigenvalue weighted by atomic mass is 10.2. The van der Waals surface area contributed by atoms with Gasteiger partial charge in [0.25, 0.3) is 5.69 Å². The maximum Gasteiger partial charge on any atom is 0.287 e. The molecule has 0 fully saturated rings. The number of hydrogen-bond donors (Lipinski definition) is 2. The van der Waals surface area contributed by atoms with E-state index in [9.17, 15) is 15.2 Å². The third-order valence-corrected chi connectivity index (χ3v) is 2.22. The van der Waals surface area contributed by atoms with Crippen molar-refractivity contribution in [2.24, 2.45) is 5.10 Å². The van der Waals surface area contributed by atoms with Gasteiger partial charge in [0.2, 0.25) is 0 Å². The normalized spacial score (nSPS) is 10.5. The number of anilines is 1. The number of aromatic hydroxyl groups is 1. The van der Waals surface area contributed by atoms with Crippen LogP contribution >= 0.6 is 0 Å². The average Bonchev–Trinajstić information content (AvgIpc) is 2.39. The Bertz CT molecular complexity index is 611. The SMILES string of the molecule is O=[N+]([O-])c1ccc(N/N=C/c2cccc(O)c2)nc1. The highest BCUT2D eigenvalue weighted by Crippen LogP contribution is 2.12. The number of hydrogen-bond acceptors (Lipinski definition) is 6. The van der Waals surface area contributed by atoms with Crippen molar-refractivity contribution in [3.8, 4) is 5.75 Å². The Balaban J connectivity index is 2.00. The number of nitrogens with one attached hydrogen (secondary N) is 1. The second-order valence-corrected chi connectivity index (χ2v) is 3.62. The van der Waals surface area contributed by atoms with Gasteiger partial charge >= 0.3 is 0 Å². The lowest BCUT2D eigenvalue weighted by molar-refractivity contribution is -0.385. The minimum absolute atomic E-state index is 0.0810. The van der Waals surface area contributed by atoms with Crippen LogP contribution in [-0.2, 0) is 0 Å². The molecule has 7 heteroatoms. The van der Waals surface area contributed by atoms with E-state index in [4.69, 9.17) is 0 Å². The zero-order valence-corrected chi connectivity index (χ0v) is 9.72. The topological polar surface area (TPSA) is 101 Å². The molecule has 0 bridgehead atoms. The lowest BCUT2D eigenvalue weighted by Crippen LogP contribution is -1.95. The molecule has 19 heavy (non-hydrogen) atoms. The zero-order valence-electron chi connectivity index (χ0n) is 9.72. The molecule has 0 unspecified atom stereocenters. The number of hydrazone groups is 1. The van der Waals surface area contributed by atoms with Crippen molar-refractivity contribution < 1.29 is 10.0 Å². The monoisotopic (exact) mass is 258 g/mol. The van der Waals surface area contributed by atoms with Gasteiger partial charge in [0.1, 0.15) is 17.8 Å². The molecular weight excluding hydrogens is 248 g/mol. The summed E-state index contributed by atoms with van der Waals surface area (Å²) in [6, 6.07) is 9.36. The van der Waals surface area contributed by atoms with Crippen LogP contribution in [0, 0.1) is 10.1 Å². The van der Waals surface area contributed by atoms with Gasteiger partial charge in [0.05, 0.1) is 11.1 Å². The van der Waals surface area contributed by atoms with E-state index < -0.39 is 4.92 Å². The Kier molecular flexibility index (Phi) is 3.67. The molecule has 0 atom stereocenters. The molecule has 96 valence electrons. The van der Waals surface area contributed by atoms with Crippen LogP contribution < -0.4 is 5.43 Å². The van der Waals surface area contributed by atoms with E-state index >= 15 is 0 Å². The van der Waals surface area contributed by atoms with Crippen LogP contribution in [0.4, 0.5) is 11.5 Å². The smallest absolute Gasteiger partial charge is 0.287 e. The first-order chi connectivity index (χ1) is 9.15. The molecule has 0 spiro atoms. The van der Waals surface area contributed by atoms with Crippen LogP contribution in [0.2, 0.25) is 0 Å². The van der Waals surface area contributed by atoms with Gasteiger partial charge in [-0.15, -0.1) is 0 Å². The van der Waals surface area contributed by atoms with Crippen molar-refractivity contribution >= 4 is 17.7 Å². The fourth-order valence-corrected chi connectivity index (χ4v) is 1.34. The Labute approximate surface area is 108 Å². The summed E-state index contributed by atoms with van der Waals surface area (Å²) in [5.41, 5.74) is 3.27. The van der Waals surface area contributed by atoms with E-state index in [1.165, 1.54) is 18.3 Å². The first-order valence-electron chi connectivity index (χ1n) is 5.34. The molecule has 0 aliphatic rings. The van der Waals surface area contributed by atoms with Crippen LogP contribution in [0.5, 0.6) is 5.75 Å². The van der Waals surface area contributed by atoms with E-state index in [-0.39, 0.29) is 11.4 Å². The maximum absolute atomic E-state index is 10.4. The van der Waals surface area contributed by atoms with Crippen molar-refractivity contribution in [3.05, 3.63) is 58.3 Å². The summed E-state index contributed by atoms with van der Waals surface area (Å²) in [4.78, 5) is 13.7. The quantitative estimate of drug-likeness (QED) is 0.497. The van der Waals surface area contributed by atoms with E-state index in [1.54, 1.807) is 24.3 Å². The van der Waals surface area contributed by atoms with Crippen LogP contribution in [0.25, 0.3) is 0 Å². The van der Waals surface area contributed by atoms with Crippen molar-refractivity contribution in [3.63, 3.8) is 0 Å². The molecule has 2 aromatic rings. The number of phenols is 1. The number of nitro groups is 1. The van der Waals surface area contributed by atoms with Gasteiger partial charge in [-0.05, 0) is 23.8 Å². The summed E-state index contributed by atoms with van der Waals surface area (Å²) in [6.07, 6.45) is 2.65. The first kappa shape index (κ1) is 12.5. The van der Waals surface area contributed by atoms with Crippen LogP contribution in [0.15, 0.2) is 47.7 Å². The second-order valence-electron chi connectivity index (χ2n) is 3.62. The number of aromatic nitrogens is 1. The fourth-order valence-electron chi connectivity index (χ4n) is 1.34. The standard InChI is InChI=1S/C12H10N4O3/c17-11-3-1-2-9(6-11)7-14-15-12-5-4-10(8-13-12)16(18)19/h1-8,17H,(H,13,15)/b14-7+. The highest BCUT2D eigenvalue weighted by Gasteiger charge is 2.04. The highest BCUT2D eigenvalue weighted by atomic mass is 16.6. The molecule has 0 aliphatic heterocycles. The molecule has 0 saturated heterocycles. The minimum Gasteiger partial charge on any atom is -0.508 e. The molecule has 0 amide bonds. The summed E-state index contributed by atoms with van der Waals surface area (Å²) in [6.45, 7) is 0. The Morgan fingerprint density at radius 2 is 2.21 bits per heavy atom. The predicted molar refractivity (Wildman–Crippen MR) is 70.2 cm³/mol. The zero-order chi connectivity index (χ0) is 13.7. The van der Waals surface area contributed by atoms with Gasteiger partial charge in [0, 0.05) is 6.07 Å². The van der Waals surface area contributed by atoms with Crippen molar-refractivity contribution in [2.75, 3.05) is 5.43 Å². The molecular formula is C12H10N4O3. The summed E-state index contributed by atoms with van der Waals surface area (Å²) >= 11 is 0. The van der Waals surface area contributed by atoms with Gasteiger partial charge in [-0.3, -0.25) is 15.5 Å². The predicted octanol–water partition coefficient (Wildman–Crippen LogP) is 2.14. The number of rotatable bonds is 4. The Morgan fingerprint density at radius 1 is 1.37 bits per heavy atom. The largest absolute Gasteiger partial charge is 0.508 e. The summed E-state index contributed by atoms with van der Waals surface area (Å²) in [5.74, 6) is 0.541.